The van der Waals surface area contributed by atoms with Gasteiger partial charge in [-0.3, -0.25) is 4.99 Å². The van der Waals surface area contributed by atoms with Crippen molar-refractivity contribution >= 4 is 29.9 Å². The van der Waals surface area contributed by atoms with Crippen LogP contribution in [-0.4, -0.2) is 61.6 Å². The van der Waals surface area contributed by atoms with Gasteiger partial charge in [-0.15, -0.1) is 24.0 Å². The van der Waals surface area contributed by atoms with E-state index in [1.807, 2.05) is 7.05 Å². The van der Waals surface area contributed by atoms with Crippen LogP contribution in [0, 0.1) is 11.3 Å². The molecule has 4 nitrogen and oxygen atoms in total. The van der Waals surface area contributed by atoms with Gasteiger partial charge >= 0.3 is 0 Å². The van der Waals surface area contributed by atoms with Gasteiger partial charge < -0.3 is 15.1 Å². The minimum Gasteiger partial charge on any atom is -0.356 e. The van der Waals surface area contributed by atoms with E-state index in [9.17, 15) is 0 Å². The summed E-state index contributed by atoms with van der Waals surface area (Å²) in [7, 11) is 1.94. The maximum atomic E-state index is 4.59. The number of piperidine rings is 2. The predicted octanol–water partition coefficient (Wildman–Crippen LogP) is 4.20. The average Bonchev–Trinajstić information content (AvgIpc) is 2.56. The van der Waals surface area contributed by atoms with Gasteiger partial charge in [-0.2, -0.15) is 0 Å². The van der Waals surface area contributed by atoms with Gasteiger partial charge in [0.25, 0.3) is 0 Å². The van der Waals surface area contributed by atoms with E-state index >= 15 is 0 Å². The molecule has 2 aliphatic rings. The Kier molecular flexibility index (Phi) is 10.1. The van der Waals surface area contributed by atoms with Crippen molar-refractivity contribution in [2.75, 3.05) is 39.8 Å². The highest BCUT2D eigenvalue weighted by atomic mass is 127. The zero-order valence-electron chi connectivity index (χ0n) is 17.2. The number of hydrogen-bond acceptors (Lipinski definition) is 2. The zero-order valence-corrected chi connectivity index (χ0v) is 19.5. The molecule has 0 aromatic heterocycles. The van der Waals surface area contributed by atoms with Gasteiger partial charge in [-0.1, -0.05) is 20.3 Å². The molecule has 2 rings (SSSR count). The Morgan fingerprint density at radius 2 is 2.04 bits per heavy atom. The Labute approximate surface area is 173 Å². The lowest BCUT2D eigenvalue weighted by molar-refractivity contribution is 0.133. The van der Waals surface area contributed by atoms with Crippen molar-refractivity contribution in [2.45, 2.75) is 72.3 Å². The third-order valence-corrected chi connectivity index (χ3v) is 5.98. The van der Waals surface area contributed by atoms with E-state index in [1.54, 1.807) is 0 Å². The highest BCUT2D eigenvalue weighted by molar-refractivity contribution is 14.0. The molecule has 2 heterocycles. The maximum absolute atomic E-state index is 4.59. The number of nitrogens with one attached hydrogen (secondary N) is 1. The maximum Gasteiger partial charge on any atom is 0.193 e. The van der Waals surface area contributed by atoms with Crippen LogP contribution in [0.3, 0.4) is 0 Å². The highest BCUT2D eigenvalue weighted by Crippen LogP contribution is 2.33. The standard InChI is InChI=1S/C20H40N4.HI/c1-6-10-20(4)11-8-13-24(16-20)19(21-5)22-14-18-9-7-12-23(15-18)17(2)3;/h17-18H,6-16H2,1-5H3,(H,21,22);1H. The minimum absolute atomic E-state index is 0. The second kappa shape index (κ2) is 11.0. The van der Waals surface area contributed by atoms with E-state index in [4.69, 9.17) is 0 Å². The first kappa shape index (κ1) is 23.0. The fraction of sp³-hybridized carbons (Fsp3) is 0.950. The van der Waals surface area contributed by atoms with E-state index in [0.717, 1.165) is 31.5 Å². The summed E-state index contributed by atoms with van der Waals surface area (Å²) in [6, 6.07) is 0.670. The molecular weight excluding hydrogens is 423 g/mol. The van der Waals surface area contributed by atoms with Crippen LogP contribution in [0.25, 0.3) is 0 Å². The summed E-state index contributed by atoms with van der Waals surface area (Å²) in [5.41, 5.74) is 0.462. The summed E-state index contributed by atoms with van der Waals surface area (Å²) in [4.78, 5) is 9.72. The van der Waals surface area contributed by atoms with Crippen molar-refractivity contribution in [3.05, 3.63) is 0 Å². The molecule has 148 valence electrons. The van der Waals surface area contributed by atoms with Crippen LogP contribution in [0.4, 0.5) is 0 Å². The SMILES string of the molecule is CCCC1(C)CCCN(C(=NC)NCC2CCCN(C(C)C)C2)C1.I. The Balaban J connectivity index is 0.00000312. The van der Waals surface area contributed by atoms with Gasteiger partial charge in [0.05, 0.1) is 0 Å². The molecule has 0 aliphatic carbocycles. The lowest BCUT2D eigenvalue weighted by atomic mass is 9.78. The first-order chi connectivity index (χ1) is 11.5. The Morgan fingerprint density at radius 1 is 1.28 bits per heavy atom. The first-order valence-electron chi connectivity index (χ1n) is 10.2. The Hall–Kier alpha value is -0.0400. The topological polar surface area (TPSA) is 30.9 Å². The molecule has 0 amide bonds. The fourth-order valence-electron chi connectivity index (χ4n) is 4.60. The number of rotatable bonds is 5. The third-order valence-electron chi connectivity index (χ3n) is 5.98. The molecule has 2 aliphatic heterocycles. The van der Waals surface area contributed by atoms with Crippen LogP contribution < -0.4 is 5.32 Å². The lowest BCUT2D eigenvalue weighted by Gasteiger charge is -2.42. The van der Waals surface area contributed by atoms with Crippen LogP contribution in [0.5, 0.6) is 0 Å². The summed E-state index contributed by atoms with van der Waals surface area (Å²) in [5.74, 6) is 1.88. The van der Waals surface area contributed by atoms with Gasteiger partial charge in [-0.25, -0.2) is 0 Å². The third kappa shape index (κ3) is 6.89. The van der Waals surface area contributed by atoms with Gasteiger partial charge in [0.1, 0.15) is 0 Å². The molecule has 0 spiro atoms. The first-order valence-corrected chi connectivity index (χ1v) is 10.2. The molecule has 2 unspecified atom stereocenters. The molecule has 0 aromatic rings. The molecular formula is C20H41IN4. The van der Waals surface area contributed by atoms with Crippen LogP contribution >= 0.6 is 24.0 Å². The van der Waals surface area contributed by atoms with Crippen LogP contribution in [-0.2, 0) is 0 Å². The number of halogens is 1. The minimum atomic E-state index is 0. The zero-order chi connectivity index (χ0) is 17.6. The Morgan fingerprint density at radius 3 is 2.68 bits per heavy atom. The molecule has 0 saturated carbocycles. The quantitative estimate of drug-likeness (QED) is 0.376. The molecule has 0 aromatic carbocycles. The van der Waals surface area contributed by atoms with E-state index < -0.39 is 0 Å². The average molecular weight is 464 g/mol. The number of nitrogens with zero attached hydrogens (tertiary/aromatic N) is 3. The van der Waals surface area contributed by atoms with Crippen molar-refractivity contribution in [2.24, 2.45) is 16.3 Å². The summed E-state index contributed by atoms with van der Waals surface area (Å²) in [6.07, 6.45) is 7.94. The van der Waals surface area contributed by atoms with E-state index in [0.29, 0.717) is 11.5 Å². The fourth-order valence-corrected chi connectivity index (χ4v) is 4.60. The molecule has 2 atom stereocenters. The molecule has 1 N–H and O–H groups in total. The number of hydrogen-bond donors (Lipinski definition) is 1. The summed E-state index contributed by atoms with van der Waals surface area (Å²) in [5, 5.41) is 3.70. The second-order valence-electron chi connectivity index (χ2n) is 8.61. The van der Waals surface area contributed by atoms with Crippen molar-refractivity contribution in [1.29, 1.82) is 0 Å². The molecule has 2 fully saturated rings. The smallest absolute Gasteiger partial charge is 0.193 e. The molecule has 2 saturated heterocycles. The van der Waals surface area contributed by atoms with Crippen LogP contribution in [0.2, 0.25) is 0 Å². The van der Waals surface area contributed by atoms with E-state index in [1.165, 1.54) is 51.6 Å². The van der Waals surface area contributed by atoms with E-state index in [2.05, 4.69) is 47.8 Å². The summed E-state index contributed by atoms with van der Waals surface area (Å²) >= 11 is 0. The summed E-state index contributed by atoms with van der Waals surface area (Å²) in [6.45, 7) is 15.3. The normalized spacial score (nSPS) is 28.8. The Bertz CT molecular complexity index is 409. The van der Waals surface area contributed by atoms with Crippen LogP contribution in [0.15, 0.2) is 4.99 Å². The van der Waals surface area contributed by atoms with Gasteiger partial charge in [0.15, 0.2) is 5.96 Å². The molecule has 0 bridgehead atoms. The molecule has 5 heteroatoms. The highest BCUT2D eigenvalue weighted by Gasteiger charge is 2.31. The van der Waals surface area contributed by atoms with Gasteiger partial charge in [0, 0.05) is 39.3 Å². The predicted molar refractivity (Wildman–Crippen MR) is 120 cm³/mol. The second-order valence-corrected chi connectivity index (χ2v) is 8.61. The molecule has 25 heavy (non-hydrogen) atoms. The largest absolute Gasteiger partial charge is 0.356 e. The number of likely N-dealkylation sites (tertiary alicyclic amines) is 2. The van der Waals surface area contributed by atoms with Crippen molar-refractivity contribution in [1.82, 2.24) is 15.1 Å². The van der Waals surface area contributed by atoms with E-state index in [-0.39, 0.29) is 24.0 Å². The van der Waals surface area contributed by atoms with Gasteiger partial charge in [0.2, 0.25) is 0 Å². The molecule has 0 radical (unpaired) electrons. The van der Waals surface area contributed by atoms with Crippen LogP contribution in [0.1, 0.15) is 66.2 Å². The number of guanidine groups is 1. The lowest BCUT2D eigenvalue weighted by Crippen LogP contribution is -2.51. The van der Waals surface area contributed by atoms with Crippen molar-refractivity contribution in [3.8, 4) is 0 Å². The van der Waals surface area contributed by atoms with Crippen molar-refractivity contribution in [3.63, 3.8) is 0 Å². The van der Waals surface area contributed by atoms with Gasteiger partial charge in [-0.05, 0) is 63.8 Å². The number of aliphatic imine (C=N–C) groups is 1. The monoisotopic (exact) mass is 464 g/mol. The van der Waals surface area contributed by atoms with Crippen molar-refractivity contribution < 1.29 is 0 Å². The summed E-state index contributed by atoms with van der Waals surface area (Å²) < 4.78 is 0.